The molecule has 8 nitrogen and oxygen atoms in total. The standard InChI is InChI=1S/C46H90NO7P/c1-6-8-10-12-14-16-18-20-22-23-24-25-26-27-29-31-33-35-37-39-46(48)54-45(44-53-55(49,50)52-42-40-47(3,4)5)43-51-41-38-36-34-32-30-28-21-19-17-15-13-11-9-7-2/h20,22,38,41,45H,6-19,21,23-37,39-40,42-44H2,1-5H3/p+1/b22-20+,41-38+/t45-/m1/s1. The molecule has 9 heteroatoms. The summed E-state index contributed by atoms with van der Waals surface area (Å²) in [5.74, 6) is -0.336. The fourth-order valence-electron chi connectivity index (χ4n) is 6.45. The zero-order valence-corrected chi connectivity index (χ0v) is 37.8. The van der Waals surface area contributed by atoms with Gasteiger partial charge in [0.25, 0.3) is 0 Å². The van der Waals surface area contributed by atoms with Crippen LogP contribution in [0.1, 0.15) is 213 Å². The zero-order valence-electron chi connectivity index (χ0n) is 36.9. The predicted molar refractivity (Wildman–Crippen MR) is 233 cm³/mol. The molecular formula is C46H91NO7P+. The second-order valence-electron chi connectivity index (χ2n) is 16.9. The van der Waals surface area contributed by atoms with Crippen molar-refractivity contribution in [3.63, 3.8) is 0 Å². The van der Waals surface area contributed by atoms with Crippen LogP contribution in [0.4, 0.5) is 0 Å². The van der Waals surface area contributed by atoms with Gasteiger partial charge in [0.05, 0.1) is 34.0 Å². The van der Waals surface area contributed by atoms with Crippen molar-refractivity contribution in [2.45, 2.75) is 219 Å². The van der Waals surface area contributed by atoms with Crippen LogP contribution < -0.4 is 0 Å². The molecular weight excluding hydrogens is 709 g/mol. The Kier molecular flexibility index (Phi) is 38.8. The van der Waals surface area contributed by atoms with Crippen LogP contribution in [0.5, 0.6) is 0 Å². The fraction of sp³-hybridized carbons (Fsp3) is 0.891. The predicted octanol–water partition coefficient (Wildman–Crippen LogP) is 14.0. The molecule has 0 aliphatic carbocycles. The number of carbonyl (C=O) groups is 1. The Morgan fingerprint density at radius 1 is 0.564 bits per heavy atom. The molecule has 0 saturated carbocycles. The van der Waals surface area contributed by atoms with Gasteiger partial charge in [-0.2, -0.15) is 0 Å². The lowest BCUT2D eigenvalue weighted by molar-refractivity contribution is -0.870. The van der Waals surface area contributed by atoms with Gasteiger partial charge in [0.15, 0.2) is 6.10 Å². The van der Waals surface area contributed by atoms with Crippen LogP contribution in [0.3, 0.4) is 0 Å². The smallest absolute Gasteiger partial charge is 0.472 e. The average Bonchev–Trinajstić information content (AvgIpc) is 3.13. The van der Waals surface area contributed by atoms with Crippen molar-refractivity contribution >= 4 is 13.8 Å². The van der Waals surface area contributed by atoms with Crippen LogP contribution in [-0.4, -0.2) is 69.0 Å². The number of unbranched alkanes of at least 4 members (excludes halogenated alkanes) is 27. The van der Waals surface area contributed by atoms with Crippen LogP contribution in [0.2, 0.25) is 0 Å². The normalized spacial score (nSPS) is 13.9. The first-order valence-electron chi connectivity index (χ1n) is 23.1. The molecule has 0 aliphatic rings. The highest BCUT2D eigenvalue weighted by Crippen LogP contribution is 2.43. The van der Waals surface area contributed by atoms with Gasteiger partial charge in [-0.3, -0.25) is 13.8 Å². The molecule has 0 spiro atoms. The molecule has 0 amide bonds. The highest BCUT2D eigenvalue weighted by molar-refractivity contribution is 7.47. The molecule has 326 valence electrons. The number of ether oxygens (including phenoxy) is 2. The van der Waals surface area contributed by atoms with Gasteiger partial charge in [0.2, 0.25) is 0 Å². The Balaban J connectivity index is 4.22. The summed E-state index contributed by atoms with van der Waals surface area (Å²) in [6, 6.07) is 0. The maximum atomic E-state index is 12.7. The number of hydrogen-bond donors (Lipinski definition) is 1. The molecule has 0 radical (unpaired) electrons. The van der Waals surface area contributed by atoms with Crippen molar-refractivity contribution in [1.29, 1.82) is 0 Å². The van der Waals surface area contributed by atoms with Crippen molar-refractivity contribution in [3.05, 3.63) is 24.5 Å². The molecule has 0 saturated heterocycles. The quantitative estimate of drug-likeness (QED) is 0.0164. The first-order chi connectivity index (χ1) is 26.6. The summed E-state index contributed by atoms with van der Waals surface area (Å²) >= 11 is 0. The molecule has 55 heavy (non-hydrogen) atoms. The summed E-state index contributed by atoms with van der Waals surface area (Å²) < 4.78 is 34.8. The summed E-state index contributed by atoms with van der Waals surface area (Å²) in [5.41, 5.74) is 0. The van der Waals surface area contributed by atoms with Gasteiger partial charge in [-0.05, 0) is 51.0 Å². The van der Waals surface area contributed by atoms with Crippen molar-refractivity contribution < 1.29 is 37.3 Å². The SMILES string of the molecule is CCCCCCCC/C=C/CCCCCCCCCCCC(=O)O[C@H](CO/C=C/CCCCCCCCCCCCCC)COP(=O)(O)OCC[N+](C)(C)C. The number of hydrogen-bond acceptors (Lipinski definition) is 6. The van der Waals surface area contributed by atoms with Crippen LogP contribution >= 0.6 is 7.82 Å². The second kappa shape index (κ2) is 39.6. The molecule has 0 aromatic rings. The number of likely N-dealkylation sites (N-methyl/N-ethyl adjacent to an activating group) is 1. The van der Waals surface area contributed by atoms with E-state index in [1.165, 1.54) is 161 Å². The van der Waals surface area contributed by atoms with Gasteiger partial charge in [-0.15, -0.1) is 0 Å². The number of phosphoric ester groups is 1. The van der Waals surface area contributed by atoms with Gasteiger partial charge in [-0.25, -0.2) is 4.57 Å². The molecule has 0 heterocycles. The van der Waals surface area contributed by atoms with E-state index >= 15 is 0 Å². The van der Waals surface area contributed by atoms with Gasteiger partial charge in [0, 0.05) is 6.42 Å². The van der Waals surface area contributed by atoms with E-state index in [1.54, 1.807) is 6.26 Å². The monoisotopic (exact) mass is 801 g/mol. The van der Waals surface area contributed by atoms with Gasteiger partial charge in [0.1, 0.15) is 19.8 Å². The third-order valence-electron chi connectivity index (χ3n) is 10.1. The maximum Gasteiger partial charge on any atom is 0.472 e. The van der Waals surface area contributed by atoms with Crippen LogP contribution in [-0.2, 0) is 27.9 Å². The second-order valence-corrected chi connectivity index (χ2v) is 18.3. The Bertz CT molecular complexity index is 936. The van der Waals surface area contributed by atoms with E-state index in [9.17, 15) is 14.3 Å². The zero-order chi connectivity index (χ0) is 40.6. The largest absolute Gasteiger partial charge is 0.498 e. The number of rotatable bonds is 43. The van der Waals surface area contributed by atoms with E-state index < -0.39 is 13.9 Å². The summed E-state index contributed by atoms with van der Waals surface area (Å²) in [6.45, 7) is 4.95. The number of esters is 1. The Hall–Kier alpha value is -1.18. The van der Waals surface area contributed by atoms with E-state index in [2.05, 4.69) is 26.0 Å². The van der Waals surface area contributed by atoms with Crippen molar-refractivity contribution in [3.8, 4) is 0 Å². The Morgan fingerprint density at radius 2 is 0.964 bits per heavy atom. The highest BCUT2D eigenvalue weighted by Gasteiger charge is 2.26. The lowest BCUT2D eigenvalue weighted by atomic mass is 10.0. The third-order valence-corrected chi connectivity index (χ3v) is 11.1. The number of nitrogens with zero attached hydrogens (tertiary/aromatic N) is 1. The van der Waals surface area contributed by atoms with Gasteiger partial charge >= 0.3 is 13.8 Å². The molecule has 0 bridgehead atoms. The Morgan fingerprint density at radius 3 is 1.40 bits per heavy atom. The van der Waals surface area contributed by atoms with Gasteiger partial charge in [-0.1, -0.05) is 174 Å². The van der Waals surface area contributed by atoms with Crippen LogP contribution in [0, 0.1) is 0 Å². The van der Waals surface area contributed by atoms with Crippen molar-refractivity contribution in [2.24, 2.45) is 0 Å². The first kappa shape index (κ1) is 53.8. The summed E-state index contributed by atoms with van der Waals surface area (Å²) in [6.07, 6.45) is 45.9. The minimum absolute atomic E-state index is 0.0506. The maximum absolute atomic E-state index is 12.7. The third kappa shape index (κ3) is 43.8. The van der Waals surface area contributed by atoms with Crippen LogP contribution in [0.15, 0.2) is 24.5 Å². The van der Waals surface area contributed by atoms with Crippen molar-refractivity contribution in [2.75, 3.05) is 47.5 Å². The van der Waals surface area contributed by atoms with E-state index in [0.29, 0.717) is 17.4 Å². The molecule has 0 aromatic heterocycles. The number of quaternary nitrogens is 1. The molecule has 0 aliphatic heterocycles. The molecule has 2 atom stereocenters. The van der Waals surface area contributed by atoms with E-state index in [1.807, 2.05) is 27.2 Å². The molecule has 0 aromatic carbocycles. The first-order valence-corrected chi connectivity index (χ1v) is 24.6. The summed E-state index contributed by atoms with van der Waals surface area (Å²) in [5, 5.41) is 0. The molecule has 0 rings (SSSR count). The Labute approximate surface area is 341 Å². The minimum atomic E-state index is -4.29. The molecule has 0 fully saturated rings. The topological polar surface area (TPSA) is 91.3 Å². The highest BCUT2D eigenvalue weighted by atomic mass is 31.2. The minimum Gasteiger partial charge on any atom is -0.498 e. The summed E-state index contributed by atoms with van der Waals surface area (Å²) in [4.78, 5) is 22.9. The molecule has 1 unspecified atom stereocenters. The number of carbonyl (C=O) groups excluding carboxylic acids is 1. The fourth-order valence-corrected chi connectivity index (χ4v) is 7.20. The summed E-state index contributed by atoms with van der Waals surface area (Å²) in [7, 11) is 1.64. The lowest BCUT2D eigenvalue weighted by Gasteiger charge is -2.24. The molecule has 1 N–H and O–H groups in total. The van der Waals surface area contributed by atoms with E-state index in [-0.39, 0.29) is 25.8 Å². The number of allylic oxidation sites excluding steroid dienone is 3. The lowest BCUT2D eigenvalue weighted by Crippen LogP contribution is -2.37. The van der Waals surface area contributed by atoms with Gasteiger partial charge < -0.3 is 18.9 Å². The van der Waals surface area contributed by atoms with Crippen molar-refractivity contribution in [1.82, 2.24) is 0 Å². The van der Waals surface area contributed by atoms with E-state index in [4.69, 9.17) is 18.5 Å². The number of phosphoric acid groups is 1. The van der Waals surface area contributed by atoms with Crippen LogP contribution in [0.25, 0.3) is 0 Å². The van der Waals surface area contributed by atoms with E-state index in [0.717, 1.165) is 32.1 Å². The average molecular weight is 801 g/mol.